The van der Waals surface area contributed by atoms with Crippen molar-refractivity contribution in [1.29, 1.82) is 0 Å². The Bertz CT molecular complexity index is 515. The molecule has 1 aliphatic rings. The molecular formula is C15H21N3O3. The molecule has 0 aromatic carbocycles. The number of carboxylic acids is 1. The number of amides is 2. The van der Waals surface area contributed by atoms with E-state index in [0.717, 1.165) is 30.5 Å². The number of pyridine rings is 1. The largest absolute Gasteiger partial charge is 0.481 e. The van der Waals surface area contributed by atoms with E-state index in [1.54, 1.807) is 11.1 Å². The first-order valence-electron chi connectivity index (χ1n) is 7.30. The van der Waals surface area contributed by atoms with Crippen LogP contribution in [0.4, 0.5) is 4.79 Å². The fourth-order valence-corrected chi connectivity index (χ4v) is 2.27. The maximum atomic E-state index is 12.2. The van der Waals surface area contributed by atoms with Gasteiger partial charge < -0.3 is 15.3 Å². The summed E-state index contributed by atoms with van der Waals surface area (Å²) in [7, 11) is 0. The van der Waals surface area contributed by atoms with Gasteiger partial charge in [-0.05, 0) is 30.9 Å². The number of aryl methyl sites for hydroxylation is 1. The number of hydrogen-bond acceptors (Lipinski definition) is 3. The van der Waals surface area contributed by atoms with Crippen molar-refractivity contribution >= 4 is 12.0 Å². The van der Waals surface area contributed by atoms with Crippen molar-refractivity contribution in [3.8, 4) is 0 Å². The Kier molecular flexibility index (Phi) is 5.14. The maximum Gasteiger partial charge on any atom is 0.317 e. The molecule has 6 heteroatoms. The van der Waals surface area contributed by atoms with Crippen LogP contribution in [0.5, 0.6) is 0 Å². The first-order valence-corrected chi connectivity index (χ1v) is 7.30. The molecule has 1 saturated carbocycles. The minimum Gasteiger partial charge on any atom is -0.481 e. The van der Waals surface area contributed by atoms with E-state index in [0.29, 0.717) is 6.54 Å². The molecule has 0 atom stereocenters. The van der Waals surface area contributed by atoms with Crippen LogP contribution in [0, 0.1) is 0 Å². The predicted molar refractivity (Wildman–Crippen MR) is 77.8 cm³/mol. The molecule has 0 aliphatic heterocycles. The second-order valence-corrected chi connectivity index (χ2v) is 5.19. The molecule has 6 nitrogen and oxygen atoms in total. The van der Waals surface area contributed by atoms with Crippen LogP contribution in [0.1, 0.15) is 37.4 Å². The SMILES string of the molecule is CCc1cccnc1CNC(=O)N(CCC(=O)O)C1CC1. The van der Waals surface area contributed by atoms with Gasteiger partial charge in [0.05, 0.1) is 18.7 Å². The standard InChI is InChI=1S/C15H21N3O3/c1-2-11-4-3-8-16-13(11)10-17-15(21)18(12-5-6-12)9-7-14(19)20/h3-4,8,12H,2,5-7,9-10H2,1H3,(H,17,21)(H,19,20). The number of aromatic nitrogens is 1. The van der Waals surface area contributed by atoms with Crippen molar-refractivity contribution in [2.24, 2.45) is 0 Å². The third-order valence-electron chi connectivity index (χ3n) is 3.59. The van der Waals surface area contributed by atoms with Crippen molar-refractivity contribution in [2.75, 3.05) is 6.54 Å². The first-order chi connectivity index (χ1) is 10.1. The van der Waals surface area contributed by atoms with Crippen molar-refractivity contribution in [1.82, 2.24) is 15.2 Å². The third-order valence-corrected chi connectivity index (χ3v) is 3.59. The van der Waals surface area contributed by atoms with Crippen molar-refractivity contribution in [3.05, 3.63) is 29.6 Å². The smallest absolute Gasteiger partial charge is 0.317 e. The number of carbonyl (C=O) groups is 2. The highest BCUT2D eigenvalue weighted by Crippen LogP contribution is 2.27. The first kappa shape index (κ1) is 15.3. The van der Waals surface area contributed by atoms with Gasteiger partial charge in [-0.2, -0.15) is 0 Å². The lowest BCUT2D eigenvalue weighted by Crippen LogP contribution is -2.42. The normalized spacial score (nSPS) is 13.8. The van der Waals surface area contributed by atoms with E-state index in [1.807, 2.05) is 19.1 Å². The van der Waals surface area contributed by atoms with E-state index in [4.69, 9.17) is 5.11 Å². The highest BCUT2D eigenvalue weighted by molar-refractivity contribution is 5.76. The lowest BCUT2D eigenvalue weighted by molar-refractivity contribution is -0.137. The summed E-state index contributed by atoms with van der Waals surface area (Å²) in [6.07, 6.45) is 4.47. The fraction of sp³-hybridized carbons (Fsp3) is 0.533. The van der Waals surface area contributed by atoms with Gasteiger partial charge in [0.1, 0.15) is 0 Å². The average Bonchev–Trinajstić information content (AvgIpc) is 3.30. The molecule has 0 bridgehead atoms. The van der Waals surface area contributed by atoms with Gasteiger partial charge in [0, 0.05) is 18.8 Å². The minimum absolute atomic E-state index is 0.0201. The topological polar surface area (TPSA) is 82.5 Å². The molecule has 2 N–H and O–H groups in total. The number of nitrogens with one attached hydrogen (secondary N) is 1. The van der Waals surface area contributed by atoms with Crippen LogP contribution in [0.15, 0.2) is 18.3 Å². The molecule has 114 valence electrons. The molecule has 0 saturated heterocycles. The van der Waals surface area contributed by atoms with Crippen LogP contribution < -0.4 is 5.32 Å². The van der Waals surface area contributed by atoms with Crippen LogP contribution in [0.2, 0.25) is 0 Å². The summed E-state index contributed by atoms with van der Waals surface area (Å²) in [6, 6.07) is 3.87. The van der Waals surface area contributed by atoms with Gasteiger partial charge in [-0.15, -0.1) is 0 Å². The zero-order valence-corrected chi connectivity index (χ0v) is 12.2. The molecule has 1 fully saturated rings. The van der Waals surface area contributed by atoms with Gasteiger partial charge in [0.15, 0.2) is 0 Å². The Hall–Kier alpha value is -2.11. The van der Waals surface area contributed by atoms with Gasteiger partial charge >= 0.3 is 12.0 Å². The zero-order valence-electron chi connectivity index (χ0n) is 12.2. The van der Waals surface area contributed by atoms with Crippen molar-refractivity contribution < 1.29 is 14.7 Å². The van der Waals surface area contributed by atoms with Gasteiger partial charge in [0.25, 0.3) is 0 Å². The van der Waals surface area contributed by atoms with Crippen molar-refractivity contribution in [3.63, 3.8) is 0 Å². The quantitative estimate of drug-likeness (QED) is 0.802. The minimum atomic E-state index is -0.883. The van der Waals surface area contributed by atoms with Crippen LogP contribution in [-0.2, 0) is 17.8 Å². The molecule has 0 spiro atoms. The lowest BCUT2D eigenvalue weighted by Gasteiger charge is -2.22. The van der Waals surface area contributed by atoms with E-state index in [-0.39, 0.29) is 25.0 Å². The van der Waals surface area contributed by atoms with Gasteiger partial charge in [-0.3, -0.25) is 9.78 Å². The van der Waals surface area contributed by atoms with Crippen molar-refractivity contribution in [2.45, 2.75) is 45.2 Å². The second kappa shape index (κ2) is 7.06. The van der Waals surface area contributed by atoms with E-state index in [2.05, 4.69) is 10.3 Å². The molecule has 1 aliphatic carbocycles. The number of hydrogen-bond donors (Lipinski definition) is 2. The summed E-state index contributed by atoms with van der Waals surface area (Å²) in [5.74, 6) is -0.883. The summed E-state index contributed by atoms with van der Waals surface area (Å²) < 4.78 is 0. The number of carbonyl (C=O) groups excluding carboxylic acids is 1. The van der Waals surface area contributed by atoms with Crippen LogP contribution in [-0.4, -0.2) is 39.6 Å². The highest BCUT2D eigenvalue weighted by atomic mass is 16.4. The number of urea groups is 1. The summed E-state index contributed by atoms with van der Waals surface area (Å²) in [5.41, 5.74) is 1.98. The van der Waals surface area contributed by atoms with E-state index >= 15 is 0 Å². The summed E-state index contributed by atoms with van der Waals surface area (Å²) in [6.45, 7) is 2.68. The molecule has 2 rings (SSSR count). The number of nitrogens with zero attached hydrogens (tertiary/aromatic N) is 2. The number of rotatable bonds is 7. The second-order valence-electron chi connectivity index (χ2n) is 5.19. The Morgan fingerprint density at radius 1 is 1.48 bits per heavy atom. The average molecular weight is 291 g/mol. The van der Waals surface area contributed by atoms with Crippen LogP contribution in [0.3, 0.4) is 0 Å². The lowest BCUT2D eigenvalue weighted by atomic mass is 10.1. The molecule has 2 amide bonds. The van der Waals surface area contributed by atoms with E-state index < -0.39 is 5.97 Å². The molecular weight excluding hydrogens is 270 g/mol. The van der Waals surface area contributed by atoms with Gasteiger partial charge in [-0.1, -0.05) is 13.0 Å². The Morgan fingerprint density at radius 2 is 2.24 bits per heavy atom. The van der Waals surface area contributed by atoms with Gasteiger partial charge in [-0.25, -0.2) is 4.79 Å². The van der Waals surface area contributed by atoms with E-state index in [9.17, 15) is 9.59 Å². The monoisotopic (exact) mass is 291 g/mol. The van der Waals surface area contributed by atoms with Crippen LogP contribution >= 0.6 is 0 Å². The summed E-state index contributed by atoms with van der Waals surface area (Å²) >= 11 is 0. The van der Waals surface area contributed by atoms with E-state index in [1.165, 1.54) is 0 Å². The maximum absolute atomic E-state index is 12.2. The fourth-order valence-electron chi connectivity index (χ4n) is 2.27. The molecule has 21 heavy (non-hydrogen) atoms. The van der Waals surface area contributed by atoms with Crippen LogP contribution in [0.25, 0.3) is 0 Å². The molecule has 1 heterocycles. The highest BCUT2D eigenvalue weighted by Gasteiger charge is 2.32. The Morgan fingerprint density at radius 3 is 2.86 bits per heavy atom. The number of carboxylic acid groups (broad SMARTS) is 1. The molecule has 0 radical (unpaired) electrons. The number of aliphatic carboxylic acids is 1. The third kappa shape index (κ3) is 4.44. The zero-order chi connectivity index (χ0) is 15.2. The summed E-state index contributed by atoms with van der Waals surface area (Å²) in [5, 5.41) is 11.6. The summed E-state index contributed by atoms with van der Waals surface area (Å²) in [4.78, 5) is 28.8. The molecule has 1 aromatic rings. The van der Waals surface area contributed by atoms with Gasteiger partial charge in [0.2, 0.25) is 0 Å². The predicted octanol–water partition coefficient (Wildman–Crippen LogP) is 1.79. The molecule has 0 unspecified atom stereocenters. The Balaban J connectivity index is 1.91. The molecule has 1 aromatic heterocycles. The Labute approximate surface area is 124 Å².